The van der Waals surface area contributed by atoms with Gasteiger partial charge in [0.1, 0.15) is 5.75 Å². The molecule has 1 amide bonds. The summed E-state index contributed by atoms with van der Waals surface area (Å²) in [7, 11) is 1.70. The van der Waals surface area contributed by atoms with Gasteiger partial charge in [-0.1, -0.05) is 28.1 Å². The summed E-state index contributed by atoms with van der Waals surface area (Å²) < 4.78 is 5.55. The van der Waals surface area contributed by atoms with Crippen LogP contribution in [0.2, 0.25) is 0 Å². The number of methoxy groups -OCH3 is 1. The molecule has 5 heteroatoms. The number of nitrogens with zero attached hydrogens (tertiary/aromatic N) is 1. The molecule has 0 radical (unpaired) electrons. The number of rotatable bonds is 6. The summed E-state index contributed by atoms with van der Waals surface area (Å²) in [5, 5.41) is 3.43. The van der Waals surface area contributed by atoms with Gasteiger partial charge in [0.2, 0.25) is 5.91 Å². The van der Waals surface area contributed by atoms with E-state index in [0.29, 0.717) is 12.5 Å². The lowest BCUT2D eigenvalue weighted by molar-refractivity contribution is -0.144. The van der Waals surface area contributed by atoms with E-state index in [-0.39, 0.29) is 15.8 Å². The summed E-state index contributed by atoms with van der Waals surface area (Å²) in [6.07, 6.45) is 9.58. The molecule has 1 aromatic rings. The van der Waals surface area contributed by atoms with Crippen LogP contribution in [-0.2, 0) is 4.79 Å². The highest BCUT2D eigenvalue weighted by Crippen LogP contribution is 2.64. The Bertz CT molecular complexity index is 745. The van der Waals surface area contributed by atoms with Crippen LogP contribution < -0.4 is 10.1 Å². The fourth-order valence-electron chi connectivity index (χ4n) is 7.13. The fraction of sp³-hybridized carbons (Fsp3) is 0.708. The van der Waals surface area contributed by atoms with Crippen molar-refractivity contribution in [3.05, 3.63) is 29.8 Å². The normalized spacial score (nSPS) is 36.9. The third kappa shape index (κ3) is 3.74. The van der Waals surface area contributed by atoms with Crippen molar-refractivity contribution in [1.82, 2.24) is 10.2 Å². The highest BCUT2D eigenvalue weighted by atomic mass is 79.9. The lowest BCUT2D eigenvalue weighted by Gasteiger charge is -2.59. The van der Waals surface area contributed by atoms with Gasteiger partial charge >= 0.3 is 0 Å². The first-order valence-corrected chi connectivity index (χ1v) is 12.1. The van der Waals surface area contributed by atoms with Gasteiger partial charge in [-0.15, -0.1) is 0 Å². The topological polar surface area (TPSA) is 41.6 Å². The van der Waals surface area contributed by atoms with Crippen LogP contribution in [0.15, 0.2) is 24.3 Å². The maximum absolute atomic E-state index is 13.5. The Hall–Kier alpha value is -1.07. The van der Waals surface area contributed by atoms with Crippen LogP contribution in [0.1, 0.15) is 63.0 Å². The quantitative estimate of drug-likeness (QED) is 0.626. The Balaban J connectivity index is 1.31. The maximum atomic E-state index is 13.5. The number of ether oxygens (including phenoxy) is 1. The molecule has 4 bridgehead atoms. The lowest BCUT2D eigenvalue weighted by Crippen LogP contribution is -2.58. The Morgan fingerprint density at radius 2 is 1.83 bits per heavy atom. The molecule has 29 heavy (non-hydrogen) atoms. The highest BCUT2D eigenvalue weighted by molar-refractivity contribution is 9.10. The zero-order chi connectivity index (χ0) is 20.1. The number of nitrogens with one attached hydrogen (secondary N) is 1. The predicted octanol–water partition coefficient (Wildman–Crippen LogP) is 4.68. The molecule has 1 heterocycles. The van der Waals surface area contributed by atoms with E-state index >= 15 is 0 Å². The maximum Gasteiger partial charge on any atom is 0.226 e. The Morgan fingerprint density at radius 1 is 1.17 bits per heavy atom. The second-order valence-electron chi connectivity index (χ2n) is 10.1. The predicted molar refractivity (Wildman–Crippen MR) is 118 cm³/mol. The molecule has 4 aliphatic carbocycles. The van der Waals surface area contributed by atoms with Crippen LogP contribution >= 0.6 is 15.9 Å². The van der Waals surface area contributed by atoms with E-state index in [2.05, 4.69) is 38.3 Å². The summed E-state index contributed by atoms with van der Waals surface area (Å²) in [6, 6.07) is 8.64. The number of halogens is 1. The first-order chi connectivity index (χ1) is 14.0. The number of carbonyl (C=O) groups is 1. The SMILES string of the molecule is COc1ccc(C(CNC(=O)C23CC4CC(CC(Br)(C4)C2)C3)N2CCCC2)cc1. The number of alkyl halides is 1. The van der Waals surface area contributed by atoms with Gasteiger partial charge in [-0.2, -0.15) is 0 Å². The average Bonchev–Trinajstić information content (AvgIpc) is 3.21. The minimum Gasteiger partial charge on any atom is -0.497 e. The van der Waals surface area contributed by atoms with Crippen molar-refractivity contribution in [2.75, 3.05) is 26.7 Å². The smallest absolute Gasteiger partial charge is 0.226 e. The number of benzene rings is 1. The van der Waals surface area contributed by atoms with Gasteiger partial charge in [0.05, 0.1) is 18.6 Å². The van der Waals surface area contributed by atoms with E-state index in [1.165, 1.54) is 37.7 Å². The van der Waals surface area contributed by atoms with Crippen molar-refractivity contribution >= 4 is 21.8 Å². The van der Waals surface area contributed by atoms with Crippen LogP contribution in [0.4, 0.5) is 0 Å². The van der Waals surface area contributed by atoms with E-state index < -0.39 is 0 Å². The zero-order valence-electron chi connectivity index (χ0n) is 17.5. The molecule has 1 saturated heterocycles. The first kappa shape index (κ1) is 19.9. The number of likely N-dealkylation sites (tertiary alicyclic amines) is 1. The highest BCUT2D eigenvalue weighted by Gasteiger charge is 2.59. The van der Waals surface area contributed by atoms with Gasteiger partial charge in [0.25, 0.3) is 0 Å². The van der Waals surface area contributed by atoms with Gasteiger partial charge in [0, 0.05) is 10.9 Å². The van der Waals surface area contributed by atoms with Gasteiger partial charge in [-0.05, 0) is 94.0 Å². The molecular weight excluding hydrogens is 428 g/mol. The summed E-state index contributed by atoms with van der Waals surface area (Å²) in [4.78, 5) is 16.1. The van der Waals surface area contributed by atoms with Crippen LogP contribution in [0.25, 0.3) is 0 Å². The molecular formula is C24H33BrN2O2. The molecule has 0 aromatic heterocycles. The molecule has 0 spiro atoms. The number of amides is 1. The minimum atomic E-state index is -0.136. The van der Waals surface area contributed by atoms with Crippen molar-refractivity contribution in [3.8, 4) is 5.75 Å². The molecule has 5 fully saturated rings. The van der Waals surface area contributed by atoms with E-state index in [0.717, 1.165) is 49.9 Å². The Kier molecular flexibility index (Phi) is 5.18. The molecule has 6 rings (SSSR count). The van der Waals surface area contributed by atoms with E-state index in [1.54, 1.807) is 7.11 Å². The van der Waals surface area contributed by atoms with E-state index in [4.69, 9.17) is 4.74 Å². The molecule has 3 atom stereocenters. The molecule has 158 valence electrons. The third-order valence-corrected chi connectivity index (χ3v) is 8.94. The molecule has 1 N–H and O–H groups in total. The average molecular weight is 461 g/mol. The molecule has 1 aromatic carbocycles. The molecule has 1 aliphatic heterocycles. The van der Waals surface area contributed by atoms with Crippen LogP contribution in [-0.4, -0.2) is 41.9 Å². The largest absolute Gasteiger partial charge is 0.497 e. The Morgan fingerprint density at radius 3 is 2.41 bits per heavy atom. The van der Waals surface area contributed by atoms with Crippen LogP contribution in [0.3, 0.4) is 0 Å². The summed E-state index contributed by atoms with van der Waals surface area (Å²) in [6.45, 7) is 2.94. The van der Waals surface area contributed by atoms with Crippen LogP contribution in [0, 0.1) is 17.3 Å². The van der Waals surface area contributed by atoms with Gasteiger partial charge in [-0.3, -0.25) is 9.69 Å². The third-order valence-electron chi connectivity index (χ3n) is 8.01. The van der Waals surface area contributed by atoms with Crippen molar-refractivity contribution in [3.63, 3.8) is 0 Å². The molecule has 5 aliphatic rings. The van der Waals surface area contributed by atoms with Gasteiger partial charge in [-0.25, -0.2) is 0 Å². The number of hydrogen-bond acceptors (Lipinski definition) is 3. The number of hydrogen-bond donors (Lipinski definition) is 1. The van der Waals surface area contributed by atoms with Crippen molar-refractivity contribution in [2.24, 2.45) is 17.3 Å². The second-order valence-corrected chi connectivity index (χ2v) is 11.8. The zero-order valence-corrected chi connectivity index (χ0v) is 19.0. The van der Waals surface area contributed by atoms with E-state index in [9.17, 15) is 4.79 Å². The monoisotopic (exact) mass is 460 g/mol. The Labute approximate surface area is 182 Å². The molecule has 3 unspecified atom stereocenters. The van der Waals surface area contributed by atoms with Crippen molar-refractivity contribution < 1.29 is 9.53 Å². The fourth-order valence-corrected chi connectivity index (χ4v) is 8.58. The second kappa shape index (κ2) is 7.56. The van der Waals surface area contributed by atoms with Crippen molar-refractivity contribution in [2.45, 2.75) is 61.7 Å². The minimum absolute atomic E-state index is 0.136. The first-order valence-electron chi connectivity index (χ1n) is 11.3. The lowest BCUT2D eigenvalue weighted by atomic mass is 9.49. The van der Waals surface area contributed by atoms with E-state index in [1.807, 2.05) is 12.1 Å². The van der Waals surface area contributed by atoms with Gasteiger partial charge < -0.3 is 10.1 Å². The molecule has 4 saturated carbocycles. The van der Waals surface area contributed by atoms with Crippen LogP contribution in [0.5, 0.6) is 5.75 Å². The summed E-state index contributed by atoms with van der Waals surface area (Å²) in [5.41, 5.74) is 1.14. The molecule has 4 nitrogen and oxygen atoms in total. The summed E-state index contributed by atoms with van der Waals surface area (Å²) in [5.74, 6) is 2.66. The van der Waals surface area contributed by atoms with Crippen molar-refractivity contribution in [1.29, 1.82) is 0 Å². The van der Waals surface area contributed by atoms with Gasteiger partial charge in [0.15, 0.2) is 0 Å². The standard InChI is InChI=1S/C24H33BrN2O2/c1-29-20-6-4-19(5-7-20)21(27-8-2-3-9-27)15-26-22(28)23-11-17-10-18(12-23)14-24(25,13-17)16-23/h4-7,17-18,21H,2-3,8-16H2,1H3,(H,26,28). The summed E-state index contributed by atoms with van der Waals surface area (Å²) >= 11 is 4.04. The number of carbonyl (C=O) groups excluding carboxylic acids is 1.